The molecule has 0 unspecified atom stereocenters. The van der Waals surface area contributed by atoms with E-state index in [9.17, 15) is 4.79 Å². The van der Waals surface area contributed by atoms with E-state index in [0.29, 0.717) is 11.1 Å². The second-order valence-electron chi connectivity index (χ2n) is 2.37. The van der Waals surface area contributed by atoms with Gasteiger partial charge in [-0.2, -0.15) is 0 Å². The maximum absolute atomic E-state index is 10.9. The van der Waals surface area contributed by atoms with Crippen molar-refractivity contribution in [2.75, 3.05) is 6.61 Å². The molecular formula is C10H9NO2. The highest BCUT2D eigenvalue weighted by atomic mass is 16.2. The van der Waals surface area contributed by atoms with E-state index in [1.54, 1.807) is 24.3 Å². The predicted octanol–water partition coefficient (Wildman–Crippen LogP) is 0.129. The zero-order chi connectivity index (χ0) is 9.68. The van der Waals surface area contributed by atoms with Gasteiger partial charge in [0, 0.05) is 5.56 Å². The molecule has 0 spiro atoms. The van der Waals surface area contributed by atoms with Gasteiger partial charge in [-0.3, -0.25) is 4.79 Å². The summed E-state index contributed by atoms with van der Waals surface area (Å²) >= 11 is 0. The lowest BCUT2D eigenvalue weighted by atomic mass is 10.1. The van der Waals surface area contributed by atoms with Crippen LogP contribution in [0.5, 0.6) is 0 Å². The summed E-state index contributed by atoms with van der Waals surface area (Å²) in [4.78, 5) is 10.9. The number of hydrogen-bond acceptors (Lipinski definition) is 2. The largest absolute Gasteiger partial charge is 0.384 e. The van der Waals surface area contributed by atoms with Gasteiger partial charge in [-0.25, -0.2) is 0 Å². The molecule has 1 aromatic rings. The topological polar surface area (TPSA) is 63.3 Å². The smallest absolute Gasteiger partial charge is 0.249 e. The molecule has 0 saturated carbocycles. The third-order valence-electron chi connectivity index (χ3n) is 1.49. The van der Waals surface area contributed by atoms with Gasteiger partial charge in [0.1, 0.15) is 6.61 Å². The Hall–Kier alpha value is -1.79. The van der Waals surface area contributed by atoms with Crippen LogP contribution in [0.1, 0.15) is 15.9 Å². The lowest BCUT2D eigenvalue weighted by molar-refractivity contribution is 0.1000. The van der Waals surface area contributed by atoms with Crippen molar-refractivity contribution >= 4 is 5.91 Å². The van der Waals surface area contributed by atoms with Crippen LogP contribution in [0, 0.1) is 11.8 Å². The molecule has 0 aliphatic carbocycles. The molecule has 3 heteroatoms. The zero-order valence-corrected chi connectivity index (χ0v) is 6.95. The van der Waals surface area contributed by atoms with Crippen molar-refractivity contribution in [3.63, 3.8) is 0 Å². The number of aliphatic hydroxyl groups is 1. The van der Waals surface area contributed by atoms with Crippen LogP contribution < -0.4 is 5.73 Å². The van der Waals surface area contributed by atoms with Gasteiger partial charge in [0.05, 0.1) is 5.56 Å². The molecule has 0 saturated heterocycles. The van der Waals surface area contributed by atoms with Gasteiger partial charge in [0.25, 0.3) is 0 Å². The Bertz CT molecular complexity index is 374. The maximum Gasteiger partial charge on any atom is 0.249 e. The van der Waals surface area contributed by atoms with Gasteiger partial charge in [-0.05, 0) is 12.1 Å². The Kier molecular flexibility index (Phi) is 3.07. The summed E-state index contributed by atoms with van der Waals surface area (Å²) < 4.78 is 0. The highest BCUT2D eigenvalue weighted by Crippen LogP contribution is 2.05. The number of amides is 1. The molecule has 0 aliphatic heterocycles. The van der Waals surface area contributed by atoms with Crippen LogP contribution in [0.4, 0.5) is 0 Å². The number of carbonyl (C=O) groups excluding carboxylic acids is 1. The van der Waals surface area contributed by atoms with E-state index < -0.39 is 5.91 Å². The first kappa shape index (κ1) is 9.30. The highest BCUT2D eigenvalue weighted by Gasteiger charge is 2.03. The molecular weight excluding hydrogens is 166 g/mol. The maximum atomic E-state index is 10.9. The highest BCUT2D eigenvalue weighted by molar-refractivity contribution is 5.95. The standard InChI is InChI=1S/C10H9NO2/c11-10(13)9-6-2-1-4-8(9)5-3-7-12/h1-2,4,6,12H,7H2,(H2,11,13). The number of nitrogens with two attached hydrogens (primary N) is 1. The Morgan fingerprint density at radius 3 is 2.77 bits per heavy atom. The fourth-order valence-corrected chi connectivity index (χ4v) is 0.942. The molecule has 66 valence electrons. The van der Waals surface area contributed by atoms with E-state index in [4.69, 9.17) is 10.8 Å². The van der Waals surface area contributed by atoms with E-state index in [0.717, 1.165) is 0 Å². The molecule has 1 amide bonds. The first-order valence-electron chi connectivity index (χ1n) is 3.74. The number of aliphatic hydroxyl groups excluding tert-OH is 1. The van der Waals surface area contributed by atoms with Crippen molar-refractivity contribution in [2.45, 2.75) is 0 Å². The molecule has 0 bridgehead atoms. The molecule has 0 heterocycles. The molecule has 0 fully saturated rings. The van der Waals surface area contributed by atoms with E-state index in [-0.39, 0.29) is 6.61 Å². The molecule has 3 N–H and O–H groups in total. The van der Waals surface area contributed by atoms with Crippen LogP contribution >= 0.6 is 0 Å². The summed E-state index contributed by atoms with van der Waals surface area (Å²) in [5, 5.41) is 8.47. The molecule has 3 nitrogen and oxygen atoms in total. The third-order valence-corrected chi connectivity index (χ3v) is 1.49. The molecule has 1 rings (SSSR count). The molecule has 0 atom stereocenters. The van der Waals surface area contributed by atoms with Gasteiger partial charge in [-0.15, -0.1) is 0 Å². The number of rotatable bonds is 1. The number of hydrogen-bond donors (Lipinski definition) is 2. The molecule has 0 radical (unpaired) electrons. The minimum absolute atomic E-state index is 0.229. The quantitative estimate of drug-likeness (QED) is 0.596. The Labute approximate surface area is 76.2 Å². The first-order chi connectivity index (χ1) is 6.25. The summed E-state index contributed by atoms with van der Waals surface area (Å²) in [6.07, 6.45) is 0. The summed E-state index contributed by atoms with van der Waals surface area (Å²) in [7, 11) is 0. The van der Waals surface area contributed by atoms with Crippen molar-refractivity contribution in [1.29, 1.82) is 0 Å². The predicted molar refractivity (Wildman–Crippen MR) is 48.9 cm³/mol. The van der Waals surface area contributed by atoms with Crippen molar-refractivity contribution < 1.29 is 9.90 Å². The summed E-state index contributed by atoms with van der Waals surface area (Å²) in [6, 6.07) is 6.75. The fourth-order valence-electron chi connectivity index (χ4n) is 0.942. The van der Waals surface area contributed by atoms with E-state index in [1.165, 1.54) is 0 Å². The lowest BCUT2D eigenvalue weighted by Gasteiger charge is -1.97. The average Bonchev–Trinajstić information content (AvgIpc) is 2.15. The van der Waals surface area contributed by atoms with Crippen LogP contribution in [0.15, 0.2) is 24.3 Å². The Morgan fingerprint density at radius 1 is 1.46 bits per heavy atom. The van der Waals surface area contributed by atoms with Crippen molar-refractivity contribution in [2.24, 2.45) is 5.73 Å². The Morgan fingerprint density at radius 2 is 2.15 bits per heavy atom. The van der Waals surface area contributed by atoms with Crippen LogP contribution in [-0.2, 0) is 0 Å². The summed E-state index contributed by atoms with van der Waals surface area (Å²) in [6.45, 7) is -0.229. The normalized spacial score (nSPS) is 8.69. The van der Waals surface area contributed by atoms with E-state index in [2.05, 4.69) is 11.8 Å². The molecule has 0 aromatic heterocycles. The van der Waals surface area contributed by atoms with Gasteiger partial charge in [0.15, 0.2) is 0 Å². The SMILES string of the molecule is NC(=O)c1ccccc1C#CCO. The van der Waals surface area contributed by atoms with Crippen molar-refractivity contribution in [3.05, 3.63) is 35.4 Å². The van der Waals surface area contributed by atoms with Gasteiger partial charge in [0.2, 0.25) is 5.91 Å². The summed E-state index contributed by atoms with van der Waals surface area (Å²) in [5.74, 6) is 4.59. The van der Waals surface area contributed by atoms with Gasteiger partial charge in [-0.1, -0.05) is 24.0 Å². The lowest BCUT2D eigenvalue weighted by Crippen LogP contribution is -2.12. The van der Waals surface area contributed by atoms with Crippen molar-refractivity contribution in [3.8, 4) is 11.8 Å². The van der Waals surface area contributed by atoms with E-state index >= 15 is 0 Å². The second kappa shape index (κ2) is 4.29. The number of primary amides is 1. The van der Waals surface area contributed by atoms with E-state index in [1.807, 2.05) is 0 Å². The minimum atomic E-state index is -0.511. The third kappa shape index (κ3) is 2.32. The second-order valence-corrected chi connectivity index (χ2v) is 2.37. The molecule has 13 heavy (non-hydrogen) atoms. The van der Waals surface area contributed by atoms with Crippen LogP contribution in [0.3, 0.4) is 0 Å². The number of benzene rings is 1. The fraction of sp³-hybridized carbons (Fsp3) is 0.100. The minimum Gasteiger partial charge on any atom is -0.384 e. The molecule has 1 aromatic carbocycles. The van der Waals surface area contributed by atoms with Crippen LogP contribution in [-0.4, -0.2) is 17.6 Å². The molecule has 0 aliphatic rings. The van der Waals surface area contributed by atoms with Gasteiger partial charge < -0.3 is 10.8 Å². The van der Waals surface area contributed by atoms with Crippen molar-refractivity contribution in [1.82, 2.24) is 0 Å². The number of carbonyl (C=O) groups is 1. The average molecular weight is 175 g/mol. The zero-order valence-electron chi connectivity index (χ0n) is 6.95. The van der Waals surface area contributed by atoms with Crippen LogP contribution in [0.25, 0.3) is 0 Å². The van der Waals surface area contributed by atoms with Crippen LogP contribution in [0.2, 0.25) is 0 Å². The first-order valence-corrected chi connectivity index (χ1v) is 3.74. The van der Waals surface area contributed by atoms with Gasteiger partial charge >= 0.3 is 0 Å². The monoisotopic (exact) mass is 175 g/mol. The summed E-state index contributed by atoms with van der Waals surface area (Å²) in [5.41, 5.74) is 6.04. The Balaban J connectivity index is 3.12.